The van der Waals surface area contributed by atoms with Gasteiger partial charge in [-0.2, -0.15) is 4.98 Å². The Morgan fingerprint density at radius 3 is 2.55 bits per heavy atom. The van der Waals surface area contributed by atoms with Crippen LogP contribution in [0.2, 0.25) is 0 Å². The molecule has 2 aliphatic heterocycles. The number of aryl methyl sites for hydroxylation is 1. The minimum atomic E-state index is -0.225. The van der Waals surface area contributed by atoms with Crippen LogP contribution < -0.4 is 15.5 Å². The molecule has 0 atom stereocenters. The lowest BCUT2D eigenvalue weighted by molar-refractivity contribution is 0.0515. The number of aromatic nitrogens is 2. The molecule has 0 amide bonds. The fourth-order valence-corrected chi connectivity index (χ4v) is 4.58. The van der Waals surface area contributed by atoms with Crippen LogP contribution in [-0.4, -0.2) is 47.9 Å². The minimum Gasteiger partial charge on any atom is -0.381 e. The van der Waals surface area contributed by atoms with E-state index in [9.17, 15) is 4.39 Å². The monoisotopic (exact) mass is 443 g/mol. The predicted octanol–water partition coefficient (Wildman–Crippen LogP) is 3.95. The van der Waals surface area contributed by atoms with E-state index >= 15 is 0 Å². The van der Waals surface area contributed by atoms with E-state index in [-0.39, 0.29) is 11.2 Å². The second-order valence-electron chi connectivity index (χ2n) is 8.45. The van der Waals surface area contributed by atoms with Crippen molar-refractivity contribution < 1.29 is 9.13 Å². The molecule has 166 valence electrons. The summed E-state index contributed by atoms with van der Waals surface area (Å²) in [5.74, 6) is 1.24. The Bertz CT molecular complexity index is 895. The summed E-state index contributed by atoms with van der Waals surface area (Å²) in [6.07, 6.45) is 5.38. The van der Waals surface area contributed by atoms with Crippen molar-refractivity contribution in [3.05, 3.63) is 47.4 Å². The molecule has 0 saturated carbocycles. The molecule has 6 nitrogen and oxygen atoms in total. The van der Waals surface area contributed by atoms with E-state index in [0.717, 1.165) is 43.0 Å². The number of hydrogen-bond donors (Lipinski definition) is 2. The molecule has 0 bridgehead atoms. The van der Waals surface area contributed by atoms with Crippen LogP contribution in [0.4, 0.5) is 16.2 Å². The molecule has 2 aromatic rings. The van der Waals surface area contributed by atoms with Gasteiger partial charge in [-0.25, -0.2) is 9.37 Å². The second kappa shape index (κ2) is 9.87. The standard InChI is InChI=1S/C23H30FN5OS/c1-17-15-20(29-11-3-2-4-12-29)27-21(26-17)28-22(31)25-16-23(9-13-30-14-10-23)18-5-7-19(24)8-6-18/h5-8,15H,2-4,9-14,16H2,1H3,(H2,25,26,27,28,31). The molecule has 2 N–H and O–H groups in total. The van der Waals surface area contributed by atoms with Crippen molar-refractivity contribution in [2.24, 2.45) is 0 Å². The van der Waals surface area contributed by atoms with Crippen molar-refractivity contribution in [2.45, 2.75) is 44.4 Å². The van der Waals surface area contributed by atoms with Gasteiger partial charge >= 0.3 is 0 Å². The maximum Gasteiger partial charge on any atom is 0.231 e. The average molecular weight is 444 g/mol. The normalized spacial score (nSPS) is 18.5. The first-order valence-electron chi connectivity index (χ1n) is 11.0. The number of piperidine rings is 1. The molecule has 0 radical (unpaired) electrons. The summed E-state index contributed by atoms with van der Waals surface area (Å²) in [7, 11) is 0. The van der Waals surface area contributed by atoms with Crippen molar-refractivity contribution in [2.75, 3.05) is 43.1 Å². The maximum atomic E-state index is 13.4. The fraction of sp³-hybridized carbons (Fsp3) is 0.522. The van der Waals surface area contributed by atoms with Crippen LogP contribution >= 0.6 is 12.2 Å². The highest BCUT2D eigenvalue weighted by molar-refractivity contribution is 7.80. The first-order valence-corrected chi connectivity index (χ1v) is 11.4. The van der Waals surface area contributed by atoms with Crippen molar-refractivity contribution in [1.82, 2.24) is 15.3 Å². The molecular weight excluding hydrogens is 413 g/mol. The summed E-state index contributed by atoms with van der Waals surface area (Å²) in [6, 6.07) is 8.80. The fourth-order valence-electron chi connectivity index (χ4n) is 4.42. The summed E-state index contributed by atoms with van der Waals surface area (Å²) in [6.45, 7) is 6.03. The number of nitrogens with one attached hydrogen (secondary N) is 2. The third-order valence-corrected chi connectivity index (χ3v) is 6.49. The third-order valence-electron chi connectivity index (χ3n) is 6.24. The van der Waals surface area contributed by atoms with Crippen LogP contribution in [0, 0.1) is 12.7 Å². The van der Waals surface area contributed by atoms with Gasteiger partial charge in [-0.1, -0.05) is 12.1 Å². The lowest BCUT2D eigenvalue weighted by atomic mass is 9.74. The molecule has 0 spiro atoms. The molecule has 2 saturated heterocycles. The SMILES string of the molecule is Cc1cc(N2CCCCC2)nc(NC(=S)NCC2(c3ccc(F)cc3)CCOCC2)n1. The summed E-state index contributed by atoms with van der Waals surface area (Å²) >= 11 is 5.56. The lowest BCUT2D eigenvalue weighted by Gasteiger charge is -2.38. The highest BCUT2D eigenvalue weighted by Crippen LogP contribution is 2.34. The average Bonchev–Trinajstić information content (AvgIpc) is 2.79. The molecule has 1 aromatic heterocycles. The maximum absolute atomic E-state index is 13.4. The number of thiocarbonyl (C=S) groups is 1. The number of ether oxygens (including phenoxy) is 1. The predicted molar refractivity (Wildman–Crippen MR) is 125 cm³/mol. The highest BCUT2D eigenvalue weighted by Gasteiger charge is 2.34. The highest BCUT2D eigenvalue weighted by atomic mass is 32.1. The molecule has 31 heavy (non-hydrogen) atoms. The Labute approximate surface area is 188 Å². The molecule has 2 fully saturated rings. The van der Waals surface area contributed by atoms with Gasteiger partial charge in [-0.3, -0.25) is 0 Å². The number of benzene rings is 1. The number of halogens is 1. The Morgan fingerprint density at radius 1 is 1.13 bits per heavy atom. The molecule has 0 aliphatic carbocycles. The quantitative estimate of drug-likeness (QED) is 0.679. The summed E-state index contributed by atoms with van der Waals surface area (Å²) in [5, 5.41) is 7.00. The largest absolute Gasteiger partial charge is 0.381 e. The topological polar surface area (TPSA) is 62.3 Å². The van der Waals surface area contributed by atoms with Gasteiger partial charge in [-0.05, 0) is 68.9 Å². The molecule has 4 rings (SSSR count). The Morgan fingerprint density at radius 2 is 1.84 bits per heavy atom. The van der Waals surface area contributed by atoms with Gasteiger partial charge in [-0.15, -0.1) is 0 Å². The van der Waals surface area contributed by atoms with Crippen LogP contribution in [0.3, 0.4) is 0 Å². The minimum absolute atomic E-state index is 0.149. The third kappa shape index (κ3) is 5.49. The van der Waals surface area contributed by atoms with Crippen LogP contribution in [0.15, 0.2) is 30.3 Å². The number of hydrogen-bond acceptors (Lipinski definition) is 5. The molecule has 0 unspecified atom stereocenters. The van der Waals surface area contributed by atoms with Gasteiger partial charge in [0.15, 0.2) is 5.11 Å². The van der Waals surface area contributed by atoms with Crippen molar-refractivity contribution >= 4 is 29.1 Å². The zero-order chi connectivity index (χ0) is 21.7. The van der Waals surface area contributed by atoms with Crippen molar-refractivity contribution in [1.29, 1.82) is 0 Å². The van der Waals surface area contributed by atoms with E-state index in [1.165, 1.54) is 31.4 Å². The number of anilines is 2. The van der Waals surface area contributed by atoms with E-state index in [4.69, 9.17) is 21.9 Å². The van der Waals surface area contributed by atoms with Gasteiger partial charge in [0.25, 0.3) is 0 Å². The molecule has 2 aliphatic rings. The zero-order valence-corrected chi connectivity index (χ0v) is 18.8. The summed E-state index contributed by atoms with van der Waals surface area (Å²) < 4.78 is 19.0. The van der Waals surface area contributed by atoms with E-state index in [1.807, 2.05) is 25.1 Å². The first-order chi connectivity index (χ1) is 15.0. The summed E-state index contributed by atoms with van der Waals surface area (Å²) in [4.78, 5) is 11.5. The first kappa shape index (κ1) is 21.9. The molecular formula is C23H30FN5OS. The summed E-state index contributed by atoms with van der Waals surface area (Å²) in [5.41, 5.74) is 1.86. The van der Waals surface area contributed by atoms with Gasteiger partial charge in [0.1, 0.15) is 11.6 Å². The van der Waals surface area contributed by atoms with Crippen molar-refractivity contribution in [3.8, 4) is 0 Å². The van der Waals surface area contributed by atoms with Gasteiger partial charge < -0.3 is 20.3 Å². The Kier molecular flexibility index (Phi) is 6.97. The number of nitrogens with zero attached hydrogens (tertiary/aromatic N) is 3. The molecule has 3 heterocycles. The van der Waals surface area contributed by atoms with Gasteiger partial charge in [0.2, 0.25) is 5.95 Å². The van der Waals surface area contributed by atoms with E-state index < -0.39 is 0 Å². The van der Waals surface area contributed by atoms with E-state index in [2.05, 4.69) is 20.5 Å². The smallest absolute Gasteiger partial charge is 0.231 e. The van der Waals surface area contributed by atoms with E-state index in [0.29, 0.717) is 30.8 Å². The van der Waals surface area contributed by atoms with E-state index in [1.54, 1.807) is 0 Å². The van der Waals surface area contributed by atoms with Crippen LogP contribution in [0.25, 0.3) is 0 Å². The Hall–Kier alpha value is -2.32. The van der Waals surface area contributed by atoms with Crippen LogP contribution in [-0.2, 0) is 10.2 Å². The second-order valence-corrected chi connectivity index (χ2v) is 8.85. The van der Waals surface area contributed by atoms with Gasteiger partial charge in [0, 0.05) is 50.0 Å². The zero-order valence-electron chi connectivity index (χ0n) is 18.0. The molecule has 1 aromatic carbocycles. The van der Waals surface area contributed by atoms with Gasteiger partial charge in [0.05, 0.1) is 0 Å². The van der Waals surface area contributed by atoms with Crippen molar-refractivity contribution in [3.63, 3.8) is 0 Å². The van der Waals surface area contributed by atoms with Crippen LogP contribution in [0.5, 0.6) is 0 Å². The van der Waals surface area contributed by atoms with Crippen LogP contribution in [0.1, 0.15) is 43.4 Å². The Balaban J connectivity index is 1.43. The lowest BCUT2D eigenvalue weighted by Crippen LogP contribution is -2.45. The number of rotatable bonds is 5. The molecule has 8 heteroatoms.